The molecule has 58 heavy (non-hydrogen) atoms. The first-order valence-electron chi connectivity index (χ1n) is 20.1. The van der Waals surface area contributed by atoms with Crippen molar-refractivity contribution in [1.29, 1.82) is 0 Å². The molecule has 0 nitrogen and oxygen atoms in total. The molecule has 8 aromatic carbocycles. The zero-order chi connectivity index (χ0) is 39.1. The first-order chi connectivity index (χ1) is 28.7. The number of hydrogen-bond acceptors (Lipinski definition) is 0. The Morgan fingerprint density at radius 1 is 0.328 bits per heavy atom. The summed E-state index contributed by atoms with van der Waals surface area (Å²) in [6, 6.07) is 73.2. The lowest BCUT2D eigenvalue weighted by Crippen LogP contribution is -1.92. The van der Waals surface area contributed by atoms with Crippen LogP contribution in [0.25, 0.3) is 84.0 Å². The van der Waals surface area contributed by atoms with E-state index in [1.165, 1.54) is 94.6 Å². The van der Waals surface area contributed by atoms with Gasteiger partial charge in [-0.1, -0.05) is 183 Å². The fraction of sp³-hybridized carbons (Fsp3) is 0.0345. The molecule has 0 unspecified atom stereocenters. The lowest BCUT2D eigenvalue weighted by molar-refractivity contribution is 1.10. The molecule has 0 bridgehead atoms. The first-order valence-corrected chi connectivity index (χ1v) is 20.1. The second kappa shape index (κ2) is 16.8. The summed E-state index contributed by atoms with van der Waals surface area (Å²) in [4.78, 5) is 0. The van der Waals surface area contributed by atoms with Gasteiger partial charge < -0.3 is 0 Å². The van der Waals surface area contributed by atoms with Crippen LogP contribution in [0.15, 0.2) is 231 Å². The number of rotatable bonds is 9. The van der Waals surface area contributed by atoms with Gasteiger partial charge >= 0.3 is 0 Å². The van der Waals surface area contributed by atoms with Gasteiger partial charge in [0, 0.05) is 0 Å². The van der Waals surface area contributed by atoms with E-state index in [2.05, 4.69) is 225 Å². The summed E-state index contributed by atoms with van der Waals surface area (Å²) < 4.78 is 0. The normalized spacial score (nSPS) is 13.2. The van der Waals surface area contributed by atoms with E-state index in [1.54, 1.807) is 0 Å². The highest BCUT2D eigenvalue weighted by atomic mass is 14.2. The van der Waals surface area contributed by atoms with Crippen LogP contribution >= 0.6 is 0 Å². The Kier molecular flexibility index (Phi) is 10.6. The van der Waals surface area contributed by atoms with Crippen molar-refractivity contribution >= 4 is 17.2 Å². The van der Waals surface area contributed by atoms with Crippen LogP contribution in [0, 0.1) is 0 Å². The molecule has 0 radical (unpaired) electrons. The molecule has 0 saturated carbocycles. The highest BCUT2D eigenvalue weighted by Gasteiger charge is 2.18. The Labute approximate surface area is 343 Å². The Bertz CT molecular complexity index is 2540. The fourth-order valence-corrected chi connectivity index (χ4v) is 8.15. The predicted molar refractivity (Wildman–Crippen MR) is 250 cm³/mol. The van der Waals surface area contributed by atoms with Gasteiger partial charge in [0.1, 0.15) is 0 Å². The molecule has 0 aromatic heterocycles. The van der Waals surface area contributed by atoms with E-state index >= 15 is 0 Å². The molecule has 0 heteroatoms. The SMILES string of the molecule is C=C/C=C\C=C1/CCC(c2cc(-c3cc(-c4ccccc4)cc(-c4ccccc4)c3)cc(-c3cc(-c4ccccc4)cc(-c4ccccc4)c3)c2)=Cc2ccccc21. The van der Waals surface area contributed by atoms with Crippen molar-refractivity contribution in [2.24, 2.45) is 0 Å². The summed E-state index contributed by atoms with van der Waals surface area (Å²) in [5.41, 5.74) is 20.8. The zero-order valence-electron chi connectivity index (χ0n) is 32.6. The van der Waals surface area contributed by atoms with Gasteiger partial charge in [-0.3, -0.25) is 0 Å². The maximum atomic E-state index is 3.89. The summed E-state index contributed by atoms with van der Waals surface area (Å²) in [6.07, 6.45) is 12.5. The Hall–Kier alpha value is -7.28. The molecule has 0 N–H and O–H groups in total. The standard InChI is InChI=1S/C58H44/c1-2-3-8-27-46-30-31-47(32-48-28-17-18-29-58(46)48)53-39-56(54-35-49(42-19-9-4-10-20-42)33-50(36-54)43-21-11-5-12-22-43)41-57(40-53)55-37-51(44-23-13-6-14-24-44)34-52(38-55)45-25-15-7-16-26-45/h2-29,32-41H,1,30-31H2/b8-3-,46-27+. The molecular weight excluding hydrogens is 697 g/mol. The second-order valence-electron chi connectivity index (χ2n) is 14.9. The quantitative estimate of drug-likeness (QED) is 0.129. The van der Waals surface area contributed by atoms with Crippen LogP contribution in [0.1, 0.15) is 29.5 Å². The highest BCUT2D eigenvalue weighted by molar-refractivity contribution is 5.93. The van der Waals surface area contributed by atoms with Crippen LogP contribution in [-0.2, 0) is 0 Å². The summed E-state index contributed by atoms with van der Waals surface area (Å²) in [5, 5.41) is 0. The molecule has 1 aliphatic carbocycles. The minimum absolute atomic E-state index is 0.921. The van der Waals surface area contributed by atoms with E-state index in [4.69, 9.17) is 0 Å². The van der Waals surface area contributed by atoms with Gasteiger partial charge in [-0.15, -0.1) is 0 Å². The monoisotopic (exact) mass is 740 g/mol. The average Bonchev–Trinajstić information content (AvgIpc) is 3.49. The van der Waals surface area contributed by atoms with E-state index in [9.17, 15) is 0 Å². The lowest BCUT2D eigenvalue weighted by Gasteiger charge is -2.17. The first kappa shape index (κ1) is 36.4. The zero-order valence-corrected chi connectivity index (χ0v) is 32.6. The van der Waals surface area contributed by atoms with Crippen LogP contribution in [0.3, 0.4) is 0 Å². The molecular formula is C58H44. The highest BCUT2D eigenvalue weighted by Crippen LogP contribution is 2.41. The maximum Gasteiger partial charge on any atom is -0.0152 e. The molecule has 1 aliphatic rings. The lowest BCUT2D eigenvalue weighted by atomic mass is 9.87. The minimum atomic E-state index is 0.921. The number of fused-ring (bicyclic) bond motifs is 1. The van der Waals surface area contributed by atoms with E-state index in [-0.39, 0.29) is 0 Å². The molecule has 0 aliphatic heterocycles. The van der Waals surface area contributed by atoms with Crippen molar-refractivity contribution in [3.63, 3.8) is 0 Å². The van der Waals surface area contributed by atoms with Gasteiger partial charge in [0.15, 0.2) is 0 Å². The van der Waals surface area contributed by atoms with Crippen molar-refractivity contribution in [1.82, 2.24) is 0 Å². The summed E-state index contributed by atoms with van der Waals surface area (Å²) in [7, 11) is 0. The van der Waals surface area contributed by atoms with Gasteiger partial charge in [0.25, 0.3) is 0 Å². The third-order valence-electron chi connectivity index (χ3n) is 11.1. The largest absolute Gasteiger partial charge is 0.0991 e. The van der Waals surface area contributed by atoms with E-state index < -0.39 is 0 Å². The minimum Gasteiger partial charge on any atom is -0.0991 e. The Morgan fingerprint density at radius 2 is 0.672 bits per heavy atom. The smallest absolute Gasteiger partial charge is 0.0152 e. The summed E-state index contributed by atoms with van der Waals surface area (Å²) in [6.45, 7) is 3.89. The van der Waals surface area contributed by atoms with E-state index in [0.29, 0.717) is 0 Å². The molecule has 0 amide bonds. The van der Waals surface area contributed by atoms with Crippen LogP contribution < -0.4 is 0 Å². The molecule has 9 rings (SSSR count). The molecule has 0 spiro atoms. The van der Waals surface area contributed by atoms with Crippen LogP contribution in [-0.4, -0.2) is 0 Å². The topological polar surface area (TPSA) is 0 Å². The van der Waals surface area contributed by atoms with Crippen molar-refractivity contribution < 1.29 is 0 Å². The van der Waals surface area contributed by atoms with Gasteiger partial charge in [-0.2, -0.15) is 0 Å². The third kappa shape index (κ3) is 8.01. The molecule has 0 heterocycles. The van der Waals surface area contributed by atoms with Crippen molar-refractivity contribution in [2.75, 3.05) is 0 Å². The number of benzene rings is 8. The summed E-state index contributed by atoms with van der Waals surface area (Å²) in [5.74, 6) is 0. The number of hydrogen-bond donors (Lipinski definition) is 0. The van der Waals surface area contributed by atoms with Gasteiger partial charge in [-0.25, -0.2) is 0 Å². The van der Waals surface area contributed by atoms with Crippen LogP contribution in [0.2, 0.25) is 0 Å². The van der Waals surface area contributed by atoms with Crippen molar-refractivity contribution in [3.8, 4) is 66.8 Å². The summed E-state index contributed by atoms with van der Waals surface area (Å²) >= 11 is 0. The molecule has 0 atom stereocenters. The molecule has 0 saturated heterocycles. The Balaban J connectivity index is 1.28. The predicted octanol–water partition coefficient (Wildman–Crippen LogP) is 16.1. The number of allylic oxidation sites excluding steroid dienone is 6. The fourth-order valence-electron chi connectivity index (χ4n) is 8.15. The van der Waals surface area contributed by atoms with Crippen LogP contribution in [0.5, 0.6) is 0 Å². The molecule has 8 aromatic rings. The van der Waals surface area contributed by atoms with Gasteiger partial charge in [-0.05, 0) is 162 Å². The van der Waals surface area contributed by atoms with Crippen LogP contribution in [0.4, 0.5) is 0 Å². The maximum absolute atomic E-state index is 3.89. The molecule has 0 fully saturated rings. The van der Waals surface area contributed by atoms with Gasteiger partial charge in [0.05, 0.1) is 0 Å². The van der Waals surface area contributed by atoms with Gasteiger partial charge in [0.2, 0.25) is 0 Å². The van der Waals surface area contributed by atoms with E-state index in [1.807, 2.05) is 12.2 Å². The Morgan fingerprint density at radius 3 is 1.07 bits per heavy atom. The molecule has 276 valence electrons. The van der Waals surface area contributed by atoms with Crippen molar-refractivity contribution in [2.45, 2.75) is 12.8 Å². The average molecular weight is 741 g/mol. The second-order valence-corrected chi connectivity index (χ2v) is 14.9. The third-order valence-corrected chi connectivity index (χ3v) is 11.1. The van der Waals surface area contributed by atoms with Crippen molar-refractivity contribution in [3.05, 3.63) is 248 Å². The van der Waals surface area contributed by atoms with E-state index in [0.717, 1.165) is 12.8 Å².